The van der Waals surface area contributed by atoms with Crippen molar-refractivity contribution in [2.75, 3.05) is 6.54 Å². The van der Waals surface area contributed by atoms with Crippen molar-refractivity contribution >= 4 is 0 Å². The van der Waals surface area contributed by atoms with E-state index >= 15 is 0 Å². The Morgan fingerprint density at radius 3 is 2.57 bits per heavy atom. The highest BCUT2D eigenvalue weighted by Crippen LogP contribution is 2.45. The third-order valence-electron chi connectivity index (χ3n) is 4.70. The maximum atomic E-state index is 13.1. The summed E-state index contributed by atoms with van der Waals surface area (Å²) in [4.78, 5) is 0. The molecule has 21 heavy (non-hydrogen) atoms. The van der Waals surface area contributed by atoms with Crippen molar-refractivity contribution in [3.05, 3.63) is 71.0 Å². The Bertz CT molecular complexity index is 625. The van der Waals surface area contributed by atoms with Gasteiger partial charge in [0.05, 0.1) is 6.10 Å². The molecule has 0 bridgehead atoms. The summed E-state index contributed by atoms with van der Waals surface area (Å²) in [5.74, 6) is -0.295. The topological polar surface area (TPSA) is 46.2 Å². The van der Waals surface area contributed by atoms with Gasteiger partial charge < -0.3 is 10.8 Å². The second-order valence-electron chi connectivity index (χ2n) is 5.83. The molecule has 2 atom stereocenters. The third kappa shape index (κ3) is 2.37. The summed E-state index contributed by atoms with van der Waals surface area (Å²) in [6.07, 6.45) is 2.16. The summed E-state index contributed by atoms with van der Waals surface area (Å²) < 4.78 is 13.1. The molecule has 2 aromatic carbocycles. The van der Waals surface area contributed by atoms with Gasteiger partial charge in [0.15, 0.2) is 0 Å². The Morgan fingerprint density at radius 2 is 1.86 bits per heavy atom. The van der Waals surface area contributed by atoms with Crippen LogP contribution in [0.15, 0.2) is 48.5 Å². The van der Waals surface area contributed by atoms with Gasteiger partial charge in [0.25, 0.3) is 0 Å². The van der Waals surface area contributed by atoms with Crippen LogP contribution < -0.4 is 5.73 Å². The lowest BCUT2D eigenvalue weighted by Crippen LogP contribution is -2.43. The first-order valence-corrected chi connectivity index (χ1v) is 7.39. The van der Waals surface area contributed by atoms with Crippen LogP contribution >= 0.6 is 0 Å². The lowest BCUT2D eigenvalue weighted by Gasteiger charge is -2.42. The SMILES string of the molecule is NCC1(C(O)c2ccc(F)cc2)CCCc2ccccc21. The normalized spacial score (nSPS) is 22.6. The highest BCUT2D eigenvalue weighted by molar-refractivity contribution is 5.40. The minimum atomic E-state index is -0.718. The van der Waals surface area contributed by atoms with Crippen molar-refractivity contribution in [2.24, 2.45) is 5.73 Å². The van der Waals surface area contributed by atoms with Crippen LogP contribution in [-0.2, 0) is 11.8 Å². The van der Waals surface area contributed by atoms with Crippen LogP contribution in [0.2, 0.25) is 0 Å². The zero-order valence-electron chi connectivity index (χ0n) is 11.9. The smallest absolute Gasteiger partial charge is 0.123 e. The molecular weight excluding hydrogens is 265 g/mol. The van der Waals surface area contributed by atoms with Gasteiger partial charge in [-0.05, 0) is 48.1 Å². The Kier molecular flexibility index (Phi) is 3.79. The van der Waals surface area contributed by atoms with Crippen LogP contribution in [0.1, 0.15) is 35.6 Å². The van der Waals surface area contributed by atoms with E-state index in [2.05, 4.69) is 12.1 Å². The molecule has 0 aromatic heterocycles. The van der Waals surface area contributed by atoms with E-state index < -0.39 is 11.5 Å². The molecule has 0 saturated heterocycles. The summed E-state index contributed by atoms with van der Waals surface area (Å²) in [5.41, 5.74) is 8.72. The Hall–Kier alpha value is -1.71. The van der Waals surface area contributed by atoms with E-state index in [9.17, 15) is 9.50 Å². The van der Waals surface area contributed by atoms with E-state index in [-0.39, 0.29) is 5.82 Å². The Balaban J connectivity index is 2.07. The number of hydrogen-bond donors (Lipinski definition) is 2. The molecule has 3 heteroatoms. The van der Waals surface area contributed by atoms with E-state index in [0.29, 0.717) is 6.54 Å². The van der Waals surface area contributed by atoms with Crippen LogP contribution in [-0.4, -0.2) is 11.7 Å². The van der Waals surface area contributed by atoms with Gasteiger partial charge >= 0.3 is 0 Å². The molecule has 3 N–H and O–H groups in total. The molecule has 0 saturated carbocycles. The summed E-state index contributed by atoms with van der Waals surface area (Å²) in [6, 6.07) is 14.3. The second-order valence-corrected chi connectivity index (χ2v) is 5.83. The van der Waals surface area contributed by atoms with E-state index in [1.807, 2.05) is 12.1 Å². The van der Waals surface area contributed by atoms with Crippen molar-refractivity contribution in [3.63, 3.8) is 0 Å². The van der Waals surface area contributed by atoms with E-state index in [0.717, 1.165) is 30.4 Å². The fourth-order valence-corrected chi connectivity index (χ4v) is 3.52. The van der Waals surface area contributed by atoms with Crippen LogP contribution in [0.25, 0.3) is 0 Å². The first-order chi connectivity index (χ1) is 10.2. The standard InChI is InChI=1S/C18H20FNO/c19-15-9-7-14(8-10-15)17(21)18(12-20)11-3-5-13-4-1-2-6-16(13)18/h1-2,4,6-10,17,21H,3,5,11-12,20H2. The fourth-order valence-electron chi connectivity index (χ4n) is 3.52. The number of benzene rings is 2. The first-order valence-electron chi connectivity index (χ1n) is 7.39. The molecule has 110 valence electrons. The second kappa shape index (κ2) is 5.58. The molecule has 1 aliphatic carbocycles. The highest BCUT2D eigenvalue weighted by Gasteiger charge is 2.42. The molecule has 2 nitrogen and oxygen atoms in total. The fraction of sp³-hybridized carbons (Fsp3) is 0.333. The zero-order valence-corrected chi connectivity index (χ0v) is 11.9. The maximum absolute atomic E-state index is 13.1. The number of hydrogen-bond acceptors (Lipinski definition) is 2. The molecule has 0 radical (unpaired) electrons. The number of nitrogens with two attached hydrogens (primary N) is 1. The minimum Gasteiger partial charge on any atom is -0.387 e. The predicted octanol–water partition coefficient (Wildman–Crippen LogP) is 3.09. The van der Waals surface area contributed by atoms with Gasteiger partial charge in [-0.25, -0.2) is 4.39 Å². The summed E-state index contributed by atoms with van der Waals surface area (Å²) in [5, 5.41) is 10.9. The average Bonchev–Trinajstić information content (AvgIpc) is 2.54. The predicted molar refractivity (Wildman–Crippen MR) is 81.5 cm³/mol. The lowest BCUT2D eigenvalue weighted by molar-refractivity contribution is 0.0717. The van der Waals surface area contributed by atoms with Crippen LogP contribution in [0.4, 0.5) is 4.39 Å². The average molecular weight is 285 g/mol. The molecular formula is C18H20FNO. The number of halogens is 1. The lowest BCUT2D eigenvalue weighted by atomic mass is 9.65. The molecule has 0 heterocycles. The van der Waals surface area contributed by atoms with Crippen molar-refractivity contribution in [3.8, 4) is 0 Å². The minimum absolute atomic E-state index is 0.295. The number of fused-ring (bicyclic) bond motifs is 1. The third-order valence-corrected chi connectivity index (χ3v) is 4.70. The van der Waals surface area contributed by atoms with Crippen molar-refractivity contribution < 1.29 is 9.50 Å². The summed E-state index contributed by atoms with van der Waals surface area (Å²) in [6.45, 7) is 0.378. The van der Waals surface area contributed by atoms with E-state index in [1.54, 1.807) is 12.1 Å². The Labute approximate surface area is 124 Å². The van der Waals surface area contributed by atoms with Crippen molar-refractivity contribution in [1.29, 1.82) is 0 Å². The maximum Gasteiger partial charge on any atom is 0.123 e. The molecule has 2 aromatic rings. The van der Waals surface area contributed by atoms with Gasteiger partial charge in [0.2, 0.25) is 0 Å². The number of aliphatic hydroxyl groups excluding tert-OH is 1. The number of rotatable bonds is 3. The monoisotopic (exact) mass is 285 g/mol. The van der Waals surface area contributed by atoms with Gasteiger partial charge in [-0.2, -0.15) is 0 Å². The molecule has 0 amide bonds. The zero-order chi connectivity index (χ0) is 14.9. The Morgan fingerprint density at radius 1 is 1.14 bits per heavy atom. The first kappa shape index (κ1) is 14.2. The van der Waals surface area contributed by atoms with Gasteiger partial charge in [0, 0.05) is 12.0 Å². The number of aliphatic hydroxyl groups is 1. The van der Waals surface area contributed by atoms with Gasteiger partial charge in [-0.3, -0.25) is 0 Å². The molecule has 0 aliphatic heterocycles. The van der Waals surface area contributed by atoms with Crippen LogP contribution in [0.5, 0.6) is 0 Å². The summed E-state index contributed by atoms with van der Waals surface area (Å²) >= 11 is 0. The molecule has 1 aliphatic rings. The van der Waals surface area contributed by atoms with Crippen molar-refractivity contribution in [2.45, 2.75) is 30.8 Å². The highest BCUT2D eigenvalue weighted by atomic mass is 19.1. The van der Waals surface area contributed by atoms with Gasteiger partial charge in [-0.1, -0.05) is 36.4 Å². The van der Waals surface area contributed by atoms with E-state index in [1.165, 1.54) is 17.7 Å². The van der Waals surface area contributed by atoms with Gasteiger partial charge in [-0.15, -0.1) is 0 Å². The van der Waals surface area contributed by atoms with Crippen LogP contribution in [0, 0.1) is 5.82 Å². The largest absolute Gasteiger partial charge is 0.387 e. The van der Waals surface area contributed by atoms with E-state index in [4.69, 9.17) is 5.73 Å². The quantitative estimate of drug-likeness (QED) is 0.910. The molecule has 2 unspecified atom stereocenters. The molecule has 0 spiro atoms. The molecule has 0 fully saturated rings. The van der Waals surface area contributed by atoms with Gasteiger partial charge in [0.1, 0.15) is 5.82 Å². The van der Waals surface area contributed by atoms with Crippen molar-refractivity contribution in [1.82, 2.24) is 0 Å². The molecule has 3 rings (SSSR count). The van der Waals surface area contributed by atoms with Crippen LogP contribution in [0.3, 0.4) is 0 Å². The summed E-state index contributed by atoms with van der Waals surface area (Å²) in [7, 11) is 0. The number of aryl methyl sites for hydroxylation is 1.